The van der Waals surface area contributed by atoms with Gasteiger partial charge in [0.05, 0.1) is 28.9 Å². The molecular weight excluding hydrogens is 573 g/mol. The third-order valence-electron chi connectivity index (χ3n) is 5.95. The highest BCUT2D eigenvalue weighted by Gasteiger charge is 2.44. The standard InChI is InChI=1S/C17H22ClFN2.C6H4ClF.C6H6N2O2.CH2O/c1-10-15(11-6-5-7-13(18)16(11)19)12(9-20)14(21-10)8-17(2,3)4;7-5-2-1-3-6(8)4-5;7-4-1-2-5(6(9)10)8-3-4;1-2/h5-7,10,12,14-15,21H,8H2,1-4H3;1-4H;1-3H,7H2,(H,9,10);1H2. The van der Waals surface area contributed by atoms with Gasteiger partial charge in [0.1, 0.15) is 24.1 Å². The Morgan fingerprint density at radius 2 is 1.78 bits per heavy atom. The highest BCUT2D eigenvalue weighted by molar-refractivity contribution is 6.31. The van der Waals surface area contributed by atoms with Gasteiger partial charge >= 0.3 is 5.97 Å². The van der Waals surface area contributed by atoms with Gasteiger partial charge in [-0.25, -0.2) is 18.6 Å². The van der Waals surface area contributed by atoms with Gasteiger partial charge in [0.15, 0.2) is 0 Å². The number of carbonyl (C=O) groups excluding carboxylic acids is 1. The molecule has 7 nitrogen and oxygen atoms in total. The van der Waals surface area contributed by atoms with Gasteiger partial charge in [-0.05, 0) is 60.7 Å². The molecule has 0 spiro atoms. The largest absolute Gasteiger partial charge is 0.477 e. The quantitative estimate of drug-likeness (QED) is 0.288. The van der Waals surface area contributed by atoms with Gasteiger partial charge in [0.2, 0.25) is 0 Å². The van der Waals surface area contributed by atoms with E-state index in [4.69, 9.17) is 38.8 Å². The van der Waals surface area contributed by atoms with Crippen LogP contribution in [0.15, 0.2) is 60.8 Å². The number of carboxylic acids is 1. The van der Waals surface area contributed by atoms with E-state index in [0.717, 1.165) is 6.42 Å². The molecule has 11 heteroatoms. The van der Waals surface area contributed by atoms with Crippen molar-refractivity contribution in [2.45, 2.75) is 52.1 Å². The summed E-state index contributed by atoms with van der Waals surface area (Å²) in [5.41, 5.74) is 6.41. The van der Waals surface area contributed by atoms with Crippen molar-refractivity contribution in [1.29, 1.82) is 5.26 Å². The van der Waals surface area contributed by atoms with Crippen molar-refractivity contribution in [3.63, 3.8) is 0 Å². The molecule has 0 amide bonds. The molecule has 4 N–H and O–H groups in total. The van der Waals surface area contributed by atoms with Crippen LogP contribution in [-0.2, 0) is 4.79 Å². The van der Waals surface area contributed by atoms with E-state index in [0.29, 0.717) is 16.3 Å². The molecule has 1 aliphatic rings. The molecule has 220 valence electrons. The number of rotatable bonds is 3. The maximum atomic E-state index is 14.3. The molecule has 4 unspecified atom stereocenters. The first-order valence-electron chi connectivity index (χ1n) is 12.5. The number of hydrogen-bond donors (Lipinski definition) is 3. The molecule has 1 saturated heterocycles. The van der Waals surface area contributed by atoms with Crippen LogP contribution in [0.2, 0.25) is 10.0 Å². The first kappa shape index (κ1) is 35.4. The molecule has 0 aliphatic carbocycles. The molecule has 4 atom stereocenters. The first-order valence-corrected chi connectivity index (χ1v) is 13.2. The second kappa shape index (κ2) is 16.6. The fourth-order valence-corrected chi connectivity index (χ4v) is 4.71. The molecule has 0 saturated carbocycles. The average Bonchev–Trinajstić information content (AvgIpc) is 3.20. The van der Waals surface area contributed by atoms with E-state index < -0.39 is 11.8 Å². The van der Waals surface area contributed by atoms with E-state index in [2.05, 4.69) is 37.1 Å². The van der Waals surface area contributed by atoms with Crippen molar-refractivity contribution in [3.05, 3.63) is 93.7 Å². The number of pyridine rings is 1. The molecule has 1 aliphatic heterocycles. The van der Waals surface area contributed by atoms with Crippen molar-refractivity contribution in [2.24, 2.45) is 11.3 Å². The summed E-state index contributed by atoms with van der Waals surface area (Å²) in [7, 11) is 0. The number of halogens is 4. The first-order chi connectivity index (χ1) is 19.2. The van der Waals surface area contributed by atoms with Crippen LogP contribution < -0.4 is 11.1 Å². The lowest BCUT2D eigenvalue weighted by Gasteiger charge is -2.25. The lowest BCUT2D eigenvalue weighted by Crippen LogP contribution is -2.33. The minimum absolute atomic E-state index is 0.00852. The summed E-state index contributed by atoms with van der Waals surface area (Å²) < 4.78 is 26.4. The molecule has 1 fully saturated rings. The predicted molar refractivity (Wildman–Crippen MR) is 158 cm³/mol. The van der Waals surface area contributed by atoms with Crippen molar-refractivity contribution in [3.8, 4) is 6.07 Å². The Labute approximate surface area is 249 Å². The van der Waals surface area contributed by atoms with Crippen LogP contribution in [0.25, 0.3) is 0 Å². The number of aromatic nitrogens is 1. The Balaban J connectivity index is 0.000000347. The fourth-order valence-electron chi connectivity index (χ4n) is 4.35. The van der Waals surface area contributed by atoms with Gasteiger partial charge in [0.25, 0.3) is 0 Å². The van der Waals surface area contributed by atoms with Crippen molar-refractivity contribution in [2.75, 3.05) is 5.73 Å². The van der Waals surface area contributed by atoms with Gasteiger partial charge in [-0.15, -0.1) is 0 Å². The zero-order valence-corrected chi connectivity index (χ0v) is 24.8. The van der Waals surface area contributed by atoms with E-state index in [1.54, 1.807) is 30.3 Å². The number of benzene rings is 2. The van der Waals surface area contributed by atoms with Crippen molar-refractivity contribution < 1.29 is 23.5 Å². The van der Waals surface area contributed by atoms with Crippen LogP contribution in [0.3, 0.4) is 0 Å². The minimum Gasteiger partial charge on any atom is -0.477 e. The molecule has 1 aromatic heterocycles. The monoisotopic (exact) mass is 606 g/mol. The maximum absolute atomic E-state index is 14.3. The summed E-state index contributed by atoms with van der Waals surface area (Å²) in [6.45, 7) is 10.5. The second-order valence-electron chi connectivity index (χ2n) is 10.4. The third-order valence-corrected chi connectivity index (χ3v) is 6.48. The molecular formula is C30H34Cl2F2N4O3. The third kappa shape index (κ3) is 11.4. The number of hydrogen-bond acceptors (Lipinski definition) is 6. The van der Waals surface area contributed by atoms with Gasteiger partial charge in [-0.1, -0.05) is 62.2 Å². The number of nitrogens with one attached hydrogen (secondary N) is 1. The SMILES string of the molecule is C=O.CC1NC(CC(C)(C)C)C(C#N)C1c1cccc(Cl)c1F.Fc1cccc(Cl)c1.Nc1ccc(C(=O)O)nc1. The average molecular weight is 608 g/mol. The van der Waals surface area contributed by atoms with Gasteiger partial charge < -0.3 is 21.0 Å². The number of anilines is 1. The summed E-state index contributed by atoms with van der Waals surface area (Å²) in [5, 5.41) is 22.0. The minimum atomic E-state index is -1.04. The number of aromatic carboxylic acids is 1. The van der Waals surface area contributed by atoms with Gasteiger partial charge in [-0.2, -0.15) is 5.26 Å². The zero-order chi connectivity index (χ0) is 31.3. The fraction of sp³-hybridized carbons (Fsp3) is 0.333. The Morgan fingerprint density at radius 3 is 2.24 bits per heavy atom. The van der Waals surface area contributed by atoms with Crippen LogP contribution in [-0.4, -0.2) is 34.9 Å². The summed E-state index contributed by atoms with van der Waals surface area (Å²) >= 11 is 11.3. The molecule has 0 bridgehead atoms. The number of carboxylic acid groups (broad SMARTS) is 1. The highest BCUT2D eigenvalue weighted by atomic mass is 35.5. The lowest BCUT2D eigenvalue weighted by molar-refractivity contribution is -0.0980. The molecule has 4 rings (SSSR count). The van der Waals surface area contributed by atoms with Crippen molar-refractivity contribution >= 4 is 41.6 Å². The Hall–Kier alpha value is -3.58. The molecule has 2 heterocycles. The lowest BCUT2D eigenvalue weighted by atomic mass is 9.78. The Morgan fingerprint density at radius 1 is 1.15 bits per heavy atom. The van der Waals surface area contributed by atoms with Crippen LogP contribution in [0.5, 0.6) is 0 Å². The maximum Gasteiger partial charge on any atom is 0.354 e. The predicted octanol–water partition coefficient (Wildman–Crippen LogP) is 7.16. The molecule has 2 aromatic carbocycles. The zero-order valence-electron chi connectivity index (χ0n) is 23.2. The van der Waals surface area contributed by atoms with Crippen LogP contribution in [0.4, 0.5) is 14.5 Å². The van der Waals surface area contributed by atoms with Gasteiger partial charge in [0, 0.05) is 23.0 Å². The Bertz CT molecular complexity index is 1300. The normalized spacial score (nSPS) is 19.2. The van der Waals surface area contributed by atoms with Gasteiger partial charge in [-0.3, -0.25) is 0 Å². The summed E-state index contributed by atoms with van der Waals surface area (Å²) in [6, 6.07) is 16.2. The number of nitrogens with two attached hydrogens (primary N) is 1. The smallest absolute Gasteiger partial charge is 0.354 e. The summed E-state index contributed by atoms with van der Waals surface area (Å²) in [5.74, 6) is -2.14. The van der Waals surface area contributed by atoms with E-state index in [1.807, 2.05) is 13.7 Å². The topological polar surface area (TPSA) is 129 Å². The van der Waals surface area contributed by atoms with E-state index in [9.17, 15) is 18.8 Å². The number of carbonyl (C=O) groups is 2. The van der Waals surface area contributed by atoms with E-state index in [-0.39, 0.29) is 45.9 Å². The van der Waals surface area contributed by atoms with Crippen LogP contribution in [0.1, 0.15) is 56.1 Å². The Kier molecular flexibility index (Phi) is 14.4. The van der Waals surface area contributed by atoms with Crippen LogP contribution >= 0.6 is 23.2 Å². The van der Waals surface area contributed by atoms with E-state index in [1.165, 1.54) is 30.5 Å². The number of nitriles is 1. The molecule has 0 radical (unpaired) electrons. The number of nitrogens with zero attached hydrogens (tertiary/aromatic N) is 2. The molecule has 3 aromatic rings. The van der Waals surface area contributed by atoms with Crippen LogP contribution in [0, 0.1) is 34.3 Å². The number of nitrogen functional groups attached to an aromatic ring is 1. The van der Waals surface area contributed by atoms with Crippen molar-refractivity contribution in [1.82, 2.24) is 10.3 Å². The van der Waals surface area contributed by atoms with E-state index >= 15 is 0 Å². The second-order valence-corrected chi connectivity index (χ2v) is 11.2. The summed E-state index contributed by atoms with van der Waals surface area (Å²) in [6.07, 6.45) is 2.19. The summed E-state index contributed by atoms with van der Waals surface area (Å²) in [4.78, 5) is 21.8. The highest BCUT2D eigenvalue weighted by Crippen LogP contribution is 2.41. The molecule has 41 heavy (non-hydrogen) atoms.